The number of rotatable bonds is 7. The van der Waals surface area contributed by atoms with Crippen molar-refractivity contribution < 1.29 is 23.1 Å². The standard InChI is InChI=1S/C12H15NO5S/c1-9(14)10-4-6-11(7-5-10)19(17,18)13-8-2-3-12(15)16/h4-7,13H,2-3,8H2,1H3,(H,15,16)/p-1. The van der Waals surface area contributed by atoms with Crippen molar-refractivity contribution in [1.29, 1.82) is 0 Å². The highest BCUT2D eigenvalue weighted by molar-refractivity contribution is 7.89. The Balaban J connectivity index is 2.66. The van der Waals surface area contributed by atoms with Gasteiger partial charge in [-0.15, -0.1) is 0 Å². The van der Waals surface area contributed by atoms with Crippen LogP contribution in [0, 0.1) is 0 Å². The summed E-state index contributed by atoms with van der Waals surface area (Å²) in [6, 6.07) is 5.52. The Hall–Kier alpha value is -1.73. The van der Waals surface area contributed by atoms with E-state index in [2.05, 4.69) is 4.72 Å². The number of aliphatic carboxylic acids is 1. The van der Waals surface area contributed by atoms with Gasteiger partial charge in [-0.3, -0.25) is 4.79 Å². The molecule has 0 radical (unpaired) electrons. The van der Waals surface area contributed by atoms with Gasteiger partial charge in [-0.05, 0) is 31.9 Å². The van der Waals surface area contributed by atoms with E-state index in [4.69, 9.17) is 0 Å². The Labute approximate surface area is 111 Å². The second-order valence-corrected chi connectivity index (χ2v) is 5.72. The lowest BCUT2D eigenvalue weighted by Gasteiger charge is -2.07. The summed E-state index contributed by atoms with van der Waals surface area (Å²) in [5.41, 5.74) is 0.427. The van der Waals surface area contributed by atoms with Crippen LogP contribution in [0.5, 0.6) is 0 Å². The molecule has 0 atom stereocenters. The molecule has 0 heterocycles. The summed E-state index contributed by atoms with van der Waals surface area (Å²) in [6.45, 7) is 1.41. The van der Waals surface area contributed by atoms with E-state index in [1.54, 1.807) is 0 Å². The van der Waals surface area contributed by atoms with Crippen LogP contribution in [-0.4, -0.2) is 26.7 Å². The molecule has 0 saturated heterocycles. The normalized spacial score (nSPS) is 11.2. The molecular weight excluding hydrogens is 270 g/mol. The van der Waals surface area contributed by atoms with Crippen molar-refractivity contribution in [2.24, 2.45) is 0 Å². The highest BCUT2D eigenvalue weighted by Crippen LogP contribution is 2.10. The van der Waals surface area contributed by atoms with Crippen LogP contribution in [0.4, 0.5) is 0 Å². The molecule has 0 spiro atoms. The molecule has 0 unspecified atom stereocenters. The van der Waals surface area contributed by atoms with Gasteiger partial charge in [-0.1, -0.05) is 12.1 Å². The first-order valence-corrected chi connectivity index (χ1v) is 7.12. The minimum absolute atomic E-state index is 0.0186. The quantitative estimate of drug-likeness (QED) is 0.547. The maximum atomic E-state index is 11.8. The van der Waals surface area contributed by atoms with E-state index in [0.29, 0.717) is 5.56 Å². The third kappa shape index (κ3) is 4.80. The first kappa shape index (κ1) is 15.3. The zero-order valence-electron chi connectivity index (χ0n) is 10.4. The average Bonchev–Trinajstić information content (AvgIpc) is 2.34. The van der Waals surface area contributed by atoms with Crippen LogP contribution in [0.3, 0.4) is 0 Å². The SMILES string of the molecule is CC(=O)c1ccc(S(=O)(=O)NCCCC(=O)[O-])cc1. The summed E-state index contributed by atoms with van der Waals surface area (Å²) < 4.78 is 25.9. The molecule has 0 bridgehead atoms. The monoisotopic (exact) mass is 284 g/mol. The molecule has 0 aliphatic carbocycles. The molecule has 7 heteroatoms. The van der Waals surface area contributed by atoms with E-state index < -0.39 is 16.0 Å². The topological polar surface area (TPSA) is 103 Å². The Morgan fingerprint density at radius 2 is 1.79 bits per heavy atom. The molecule has 0 fully saturated rings. The number of carbonyl (C=O) groups is 2. The van der Waals surface area contributed by atoms with E-state index >= 15 is 0 Å². The van der Waals surface area contributed by atoms with Crippen molar-refractivity contribution in [1.82, 2.24) is 4.72 Å². The summed E-state index contributed by atoms with van der Waals surface area (Å²) >= 11 is 0. The largest absolute Gasteiger partial charge is 0.550 e. The fraction of sp³-hybridized carbons (Fsp3) is 0.333. The number of hydrogen-bond donors (Lipinski definition) is 1. The van der Waals surface area contributed by atoms with Crippen molar-refractivity contribution in [3.8, 4) is 0 Å². The van der Waals surface area contributed by atoms with Gasteiger partial charge in [0.25, 0.3) is 0 Å². The molecule has 6 nitrogen and oxygen atoms in total. The highest BCUT2D eigenvalue weighted by atomic mass is 32.2. The first-order valence-electron chi connectivity index (χ1n) is 5.63. The number of Topliss-reactive ketones (excluding diaryl/α,β-unsaturated/α-hetero) is 1. The molecule has 1 N–H and O–H groups in total. The lowest BCUT2D eigenvalue weighted by Crippen LogP contribution is -2.27. The number of nitrogens with one attached hydrogen (secondary N) is 1. The van der Waals surface area contributed by atoms with Gasteiger partial charge in [0, 0.05) is 18.1 Å². The molecule has 0 aliphatic heterocycles. The van der Waals surface area contributed by atoms with E-state index in [0.717, 1.165) is 0 Å². The molecule has 1 rings (SSSR count). The molecular formula is C12H14NO5S-. The molecule has 0 saturated carbocycles. The fourth-order valence-corrected chi connectivity index (χ4v) is 2.47. The fourth-order valence-electron chi connectivity index (χ4n) is 1.39. The lowest BCUT2D eigenvalue weighted by molar-refractivity contribution is -0.305. The Morgan fingerprint density at radius 3 is 2.26 bits per heavy atom. The van der Waals surface area contributed by atoms with Crippen LogP contribution >= 0.6 is 0 Å². The minimum Gasteiger partial charge on any atom is -0.550 e. The predicted octanol–water partition coefficient (Wildman–Crippen LogP) is -0.302. The number of carboxylic acid groups (broad SMARTS) is 1. The van der Waals surface area contributed by atoms with Gasteiger partial charge in [-0.2, -0.15) is 0 Å². The minimum atomic E-state index is -3.68. The number of carbonyl (C=O) groups excluding carboxylic acids is 2. The van der Waals surface area contributed by atoms with E-state index in [9.17, 15) is 23.1 Å². The average molecular weight is 284 g/mol. The summed E-state index contributed by atoms with van der Waals surface area (Å²) in [4.78, 5) is 21.3. The van der Waals surface area contributed by atoms with Crippen LogP contribution < -0.4 is 9.83 Å². The number of sulfonamides is 1. The van der Waals surface area contributed by atoms with E-state index in [1.807, 2.05) is 0 Å². The maximum absolute atomic E-state index is 11.8. The maximum Gasteiger partial charge on any atom is 0.240 e. The summed E-state index contributed by atoms with van der Waals surface area (Å²) in [5, 5.41) is 10.2. The zero-order valence-corrected chi connectivity index (χ0v) is 11.2. The van der Waals surface area contributed by atoms with E-state index in [1.165, 1.54) is 31.2 Å². The van der Waals surface area contributed by atoms with Crippen LogP contribution in [0.15, 0.2) is 29.2 Å². The molecule has 0 amide bonds. The third-order valence-electron chi connectivity index (χ3n) is 2.42. The van der Waals surface area contributed by atoms with Gasteiger partial charge in [0.1, 0.15) is 0 Å². The number of ketones is 1. The van der Waals surface area contributed by atoms with Gasteiger partial charge in [0.15, 0.2) is 5.78 Å². The van der Waals surface area contributed by atoms with E-state index in [-0.39, 0.29) is 30.1 Å². The molecule has 0 aromatic heterocycles. The molecule has 0 aliphatic rings. The zero-order chi connectivity index (χ0) is 14.5. The van der Waals surface area contributed by atoms with Gasteiger partial charge in [-0.25, -0.2) is 13.1 Å². The molecule has 1 aromatic carbocycles. The van der Waals surface area contributed by atoms with Gasteiger partial charge in [0.2, 0.25) is 10.0 Å². The summed E-state index contributed by atoms with van der Waals surface area (Å²) in [7, 11) is -3.68. The summed E-state index contributed by atoms with van der Waals surface area (Å²) in [5.74, 6) is -1.36. The Bertz CT molecular complexity index is 562. The van der Waals surface area contributed by atoms with Crippen molar-refractivity contribution in [3.63, 3.8) is 0 Å². The predicted molar refractivity (Wildman–Crippen MR) is 65.9 cm³/mol. The number of hydrogen-bond acceptors (Lipinski definition) is 5. The molecule has 1 aromatic rings. The lowest BCUT2D eigenvalue weighted by atomic mass is 10.2. The second-order valence-electron chi connectivity index (χ2n) is 3.95. The number of benzene rings is 1. The number of carboxylic acids is 1. The van der Waals surface area contributed by atoms with Crippen molar-refractivity contribution in [2.75, 3.05) is 6.54 Å². The van der Waals surface area contributed by atoms with Crippen molar-refractivity contribution in [2.45, 2.75) is 24.7 Å². The van der Waals surface area contributed by atoms with Crippen LogP contribution in [0.2, 0.25) is 0 Å². The second kappa shape index (κ2) is 6.44. The van der Waals surface area contributed by atoms with Crippen molar-refractivity contribution >= 4 is 21.8 Å². The Morgan fingerprint density at radius 1 is 1.21 bits per heavy atom. The molecule has 104 valence electrons. The first-order chi connectivity index (χ1) is 8.83. The molecule has 19 heavy (non-hydrogen) atoms. The van der Waals surface area contributed by atoms with Crippen molar-refractivity contribution in [3.05, 3.63) is 29.8 Å². The third-order valence-corrected chi connectivity index (χ3v) is 3.90. The van der Waals surface area contributed by atoms with Gasteiger partial charge < -0.3 is 9.90 Å². The Kier molecular flexibility index (Phi) is 5.20. The van der Waals surface area contributed by atoms with Crippen LogP contribution in [0.25, 0.3) is 0 Å². The highest BCUT2D eigenvalue weighted by Gasteiger charge is 2.13. The van der Waals surface area contributed by atoms with Gasteiger partial charge in [0.05, 0.1) is 4.90 Å². The summed E-state index contributed by atoms with van der Waals surface area (Å²) in [6.07, 6.45) is -0.0428. The van der Waals surface area contributed by atoms with Crippen LogP contribution in [0.1, 0.15) is 30.1 Å². The smallest absolute Gasteiger partial charge is 0.240 e. The van der Waals surface area contributed by atoms with Crippen LogP contribution in [-0.2, 0) is 14.8 Å². The van der Waals surface area contributed by atoms with Gasteiger partial charge >= 0.3 is 0 Å².